The van der Waals surface area contributed by atoms with Gasteiger partial charge in [-0.2, -0.15) is 0 Å². The Kier molecular flexibility index (Phi) is 9.52. The van der Waals surface area contributed by atoms with Crippen molar-refractivity contribution in [3.05, 3.63) is 0 Å². The van der Waals surface area contributed by atoms with Crippen LogP contribution in [0.1, 0.15) is 13.3 Å². The fraction of sp³-hybridized carbons (Fsp3) is 1.00. The van der Waals surface area contributed by atoms with Gasteiger partial charge in [0.2, 0.25) is 0 Å². The standard InChI is InChI=1S/C15H28O10S2/c1-2-3-26-27-15-12(22)10(20)13(7(5-17)24-15)25-14-11(21)9(19)8(18)6(4-16)23-14/h6-22H,2-5H2,1H3/t6?,7?,8-,9+,10-,11+,12+,13-,14?,15?/m1/s1. The van der Waals surface area contributed by atoms with Crippen LogP contribution < -0.4 is 0 Å². The number of hydrogen-bond donors (Lipinski definition) is 7. The Labute approximate surface area is 164 Å². The summed E-state index contributed by atoms with van der Waals surface area (Å²) in [4.78, 5) is 0. The second-order valence-corrected chi connectivity index (χ2v) is 9.01. The third-order valence-corrected chi connectivity index (χ3v) is 7.18. The summed E-state index contributed by atoms with van der Waals surface area (Å²) < 4.78 is 16.3. The van der Waals surface area contributed by atoms with Crippen LogP contribution in [0.3, 0.4) is 0 Å². The summed E-state index contributed by atoms with van der Waals surface area (Å²) in [5.74, 6) is 0.821. The molecule has 0 spiro atoms. The summed E-state index contributed by atoms with van der Waals surface area (Å²) in [5.41, 5.74) is -0.789. The fourth-order valence-corrected chi connectivity index (χ4v) is 5.36. The molecule has 0 aliphatic carbocycles. The highest BCUT2D eigenvalue weighted by Gasteiger charge is 2.50. The van der Waals surface area contributed by atoms with E-state index in [-0.39, 0.29) is 0 Å². The second kappa shape index (κ2) is 10.9. The lowest BCUT2D eigenvalue weighted by Crippen LogP contribution is -2.64. The summed E-state index contributed by atoms with van der Waals surface area (Å²) in [6.45, 7) is 0.844. The number of hydrogen-bond acceptors (Lipinski definition) is 12. The van der Waals surface area contributed by atoms with Crippen molar-refractivity contribution in [3.8, 4) is 0 Å². The van der Waals surface area contributed by atoms with Crippen LogP contribution in [0.4, 0.5) is 0 Å². The first-order chi connectivity index (χ1) is 12.8. The maximum atomic E-state index is 10.4. The van der Waals surface area contributed by atoms with Gasteiger partial charge in [-0.25, -0.2) is 0 Å². The molecule has 2 rings (SSSR count). The van der Waals surface area contributed by atoms with Crippen molar-refractivity contribution in [3.63, 3.8) is 0 Å². The lowest BCUT2D eigenvalue weighted by molar-refractivity contribution is -0.338. The van der Waals surface area contributed by atoms with Crippen molar-refractivity contribution in [2.45, 2.75) is 73.9 Å². The first-order valence-electron chi connectivity index (χ1n) is 8.72. The smallest absolute Gasteiger partial charge is 0.187 e. The highest BCUT2D eigenvalue weighted by Crippen LogP contribution is 2.37. The van der Waals surface area contributed by atoms with E-state index in [2.05, 4.69) is 0 Å². The van der Waals surface area contributed by atoms with Crippen LogP contribution in [0, 0.1) is 0 Å². The third-order valence-electron chi connectivity index (χ3n) is 4.41. The SMILES string of the molecule is CCCSSC1OC(CO)[C@@H](OC2OC(CO)[C@@H](O)[C@H](O)[C@@H]2O)[C@H](O)[C@@H]1O. The van der Waals surface area contributed by atoms with Gasteiger partial charge in [0, 0.05) is 5.75 Å². The molecule has 0 radical (unpaired) electrons. The Balaban J connectivity index is 2.06. The molecule has 0 saturated carbocycles. The molecule has 12 heteroatoms. The van der Waals surface area contributed by atoms with Gasteiger partial charge in [-0.1, -0.05) is 28.5 Å². The molecule has 4 unspecified atom stereocenters. The summed E-state index contributed by atoms with van der Waals surface area (Å²) in [6.07, 6.45) is -11.7. The van der Waals surface area contributed by atoms with E-state index in [4.69, 9.17) is 14.2 Å². The van der Waals surface area contributed by atoms with Crippen LogP contribution >= 0.6 is 21.6 Å². The molecule has 2 saturated heterocycles. The van der Waals surface area contributed by atoms with Crippen molar-refractivity contribution >= 4 is 21.6 Å². The molecule has 7 N–H and O–H groups in total. The predicted octanol–water partition coefficient (Wildman–Crippen LogP) is -2.60. The minimum absolute atomic E-state index is 0.526. The van der Waals surface area contributed by atoms with Gasteiger partial charge >= 0.3 is 0 Å². The van der Waals surface area contributed by atoms with Crippen LogP contribution in [0.5, 0.6) is 0 Å². The van der Waals surface area contributed by atoms with Crippen LogP contribution in [-0.4, -0.2) is 115 Å². The Morgan fingerprint density at radius 2 is 1.48 bits per heavy atom. The summed E-state index contributed by atoms with van der Waals surface area (Å²) >= 11 is 0. The van der Waals surface area contributed by atoms with E-state index in [0.29, 0.717) is 0 Å². The summed E-state index contributed by atoms with van der Waals surface area (Å²) in [6, 6.07) is 0. The maximum Gasteiger partial charge on any atom is 0.187 e. The first-order valence-corrected chi connectivity index (χ1v) is 11.1. The van der Waals surface area contributed by atoms with Crippen molar-refractivity contribution in [1.82, 2.24) is 0 Å². The van der Waals surface area contributed by atoms with Gasteiger partial charge in [0.1, 0.15) is 54.3 Å². The second-order valence-electron chi connectivity index (χ2n) is 6.42. The molecular weight excluding hydrogens is 404 g/mol. The molecule has 160 valence electrons. The van der Waals surface area contributed by atoms with Crippen molar-refractivity contribution in [1.29, 1.82) is 0 Å². The van der Waals surface area contributed by atoms with Gasteiger partial charge in [-0.3, -0.25) is 0 Å². The minimum Gasteiger partial charge on any atom is -0.394 e. The molecule has 2 fully saturated rings. The van der Waals surface area contributed by atoms with E-state index < -0.39 is 73.8 Å². The van der Waals surface area contributed by atoms with Crippen molar-refractivity contribution in [2.24, 2.45) is 0 Å². The number of aliphatic hydroxyl groups excluding tert-OH is 7. The molecule has 2 heterocycles. The molecule has 2 aliphatic rings. The minimum atomic E-state index is -1.67. The van der Waals surface area contributed by atoms with Crippen LogP contribution in [0.2, 0.25) is 0 Å². The number of rotatable bonds is 8. The summed E-state index contributed by atoms with van der Waals surface area (Å²) in [5, 5.41) is 69.3. The monoisotopic (exact) mass is 432 g/mol. The van der Waals surface area contributed by atoms with Gasteiger partial charge < -0.3 is 50.0 Å². The van der Waals surface area contributed by atoms with Gasteiger partial charge in [-0.15, -0.1) is 0 Å². The number of aliphatic hydroxyl groups is 7. The fourth-order valence-electron chi connectivity index (χ4n) is 2.83. The Bertz CT molecular complexity index is 443. The van der Waals surface area contributed by atoms with Crippen LogP contribution in [0.25, 0.3) is 0 Å². The van der Waals surface area contributed by atoms with E-state index in [9.17, 15) is 35.7 Å². The van der Waals surface area contributed by atoms with E-state index in [1.54, 1.807) is 0 Å². The average molecular weight is 433 g/mol. The molecule has 27 heavy (non-hydrogen) atoms. The highest BCUT2D eigenvalue weighted by molar-refractivity contribution is 8.76. The summed E-state index contributed by atoms with van der Waals surface area (Å²) in [7, 11) is 2.70. The molecule has 0 aromatic rings. The molecular formula is C15H28O10S2. The molecule has 10 nitrogen and oxygen atoms in total. The topological polar surface area (TPSA) is 169 Å². The molecule has 10 atom stereocenters. The largest absolute Gasteiger partial charge is 0.394 e. The van der Waals surface area contributed by atoms with Gasteiger partial charge in [0.05, 0.1) is 13.2 Å². The van der Waals surface area contributed by atoms with Gasteiger partial charge in [0.15, 0.2) is 6.29 Å². The van der Waals surface area contributed by atoms with E-state index in [0.717, 1.165) is 12.2 Å². The molecule has 0 aromatic carbocycles. The van der Waals surface area contributed by atoms with Crippen molar-refractivity contribution < 1.29 is 50.0 Å². The molecule has 0 aromatic heterocycles. The van der Waals surface area contributed by atoms with Crippen LogP contribution in [0.15, 0.2) is 0 Å². The Morgan fingerprint density at radius 1 is 0.815 bits per heavy atom. The Hall–Kier alpha value is 0.300. The molecule has 2 aliphatic heterocycles. The predicted molar refractivity (Wildman–Crippen MR) is 96.7 cm³/mol. The van der Waals surface area contributed by atoms with Crippen molar-refractivity contribution in [2.75, 3.05) is 19.0 Å². The molecule has 0 amide bonds. The average Bonchev–Trinajstić information content (AvgIpc) is 2.67. The highest BCUT2D eigenvalue weighted by atomic mass is 33.1. The molecule has 0 bridgehead atoms. The maximum absolute atomic E-state index is 10.4. The van der Waals surface area contributed by atoms with Gasteiger partial charge in [0.25, 0.3) is 0 Å². The lowest BCUT2D eigenvalue weighted by Gasteiger charge is -2.45. The van der Waals surface area contributed by atoms with E-state index in [1.807, 2.05) is 6.92 Å². The Morgan fingerprint density at radius 3 is 2.07 bits per heavy atom. The van der Waals surface area contributed by atoms with Crippen LogP contribution in [-0.2, 0) is 14.2 Å². The third kappa shape index (κ3) is 5.47. The zero-order valence-electron chi connectivity index (χ0n) is 14.8. The zero-order chi connectivity index (χ0) is 20.1. The van der Waals surface area contributed by atoms with E-state index >= 15 is 0 Å². The van der Waals surface area contributed by atoms with Gasteiger partial charge in [-0.05, 0) is 6.42 Å². The first kappa shape index (κ1) is 23.6. The number of ether oxygens (including phenoxy) is 3. The zero-order valence-corrected chi connectivity index (χ0v) is 16.4. The quantitative estimate of drug-likeness (QED) is 0.158. The normalized spacial score (nSPS) is 45.8. The lowest BCUT2D eigenvalue weighted by atomic mass is 9.97. The van der Waals surface area contributed by atoms with E-state index in [1.165, 1.54) is 21.6 Å².